The van der Waals surface area contributed by atoms with Crippen molar-refractivity contribution in [2.75, 3.05) is 0 Å². The van der Waals surface area contributed by atoms with Crippen molar-refractivity contribution in [2.45, 2.75) is 104 Å². The van der Waals surface area contributed by atoms with Crippen molar-refractivity contribution in [3.05, 3.63) is 444 Å². The first kappa shape index (κ1) is 79.7. The molecule has 3 aromatic heterocycles. The first-order valence-corrected chi connectivity index (χ1v) is 48.4. The molecule has 10 aliphatic carbocycles. The zero-order valence-corrected chi connectivity index (χ0v) is 75.0. The van der Waals surface area contributed by atoms with Crippen LogP contribution in [0.3, 0.4) is 0 Å². The van der Waals surface area contributed by atoms with E-state index in [1.165, 1.54) is 203 Å². The molecule has 0 N–H and O–H groups in total. The van der Waals surface area contributed by atoms with Gasteiger partial charge in [0.2, 0.25) is 0 Å². The van der Waals surface area contributed by atoms with Crippen molar-refractivity contribution in [1.29, 1.82) is 10.5 Å². The fraction of sp³-hybridized carbons (Fsp3) is 0.168. The number of nitrogens with zero attached hydrogens (tertiary/aromatic N) is 8. The van der Waals surface area contributed by atoms with Crippen molar-refractivity contribution in [3.63, 3.8) is 0 Å². The number of fused-ring (bicyclic) bond motifs is 13. The highest BCUT2D eigenvalue weighted by molar-refractivity contribution is 7.25. The van der Waals surface area contributed by atoms with Crippen LogP contribution in [0.4, 0.5) is 0 Å². The van der Waals surface area contributed by atoms with Crippen LogP contribution in [-0.4, -0.2) is 29.9 Å². The first-order chi connectivity index (χ1) is 66.0. The first-order valence-electron chi connectivity index (χ1n) is 47.6. The van der Waals surface area contributed by atoms with Crippen molar-refractivity contribution >= 4 is 31.5 Å². The molecular weight excluding hydrogens is 1650 g/mol. The predicted molar refractivity (Wildman–Crippen MR) is 542 cm³/mol. The number of nitriles is 2. The molecule has 0 amide bonds. The largest absolute Gasteiger partial charge is 0.208 e. The van der Waals surface area contributed by atoms with E-state index in [1.807, 2.05) is 108 Å². The van der Waals surface area contributed by atoms with E-state index in [0.717, 1.165) is 62.6 Å². The minimum absolute atomic E-state index is 0.190. The summed E-state index contributed by atoms with van der Waals surface area (Å²) in [6.07, 6.45) is 15.7. The lowest BCUT2D eigenvalue weighted by Gasteiger charge is -2.63. The number of aromatic nitrogens is 6. The average Bonchev–Trinajstić information content (AvgIpc) is 1.49. The summed E-state index contributed by atoms with van der Waals surface area (Å²) in [6, 6.07) is 146. The lowest BCUT2D eigenvalue weighted by Crippen LogP contribution is -2.55. The van der Waals surface area contributed by atoms with Crippen molar-refractivity contribution in [1.82, 2.24) is 29.9 Å². The Bertz CT molecular complexity index is 7770. The predicted octanol–water partition coefficient (Wildman–Crippen LogP) is 30.4. The maximum Gasteiger partial charge on any atom is 0.164 e. The summed E-state index contributed by atoms with van der Waals surface area (Å²) in [7, 11) is 0. The Hall–Kier alpha value is -15.3. The van der Waals surface area contributed by atoms with Gasteiger partial charge in [0, 0.05) is 53.6 Å². The molecule has 1 spiro atoms. The Morgan fingerprint density at radius 3 is 0.813 bits per heavy atom. The van der Waals surface area contributed by atoms with Gasteiger partial charge in [0.1, 0.15) is 0 Å². The smallest absolute Gasteiger partial charge is 0.164 e. The summed E-state index contributed by atoms with van der Waals surface area (Å²) < 4.78 is 2.51. The minimum atomic E-state index is -0.547. The van der Waals surface area contributed by atoms with Gasteiger partial charge in [-0.05, 0) is 282 Å². The fourth-order valence-electron chi connectivity index (χ4n) is 26.8. The Balaban J connectivity index is 0.000000142. The molecule has 4 unspecified atom stereocenters. The summed E-state index contributed by atoms with van der Waals surface area (Å²) in [5.41, 5.74) is 33.7. The second-order valence-corrected chi connectivity index (χ2v) is 40.8. The zero-order valence-electron chi connectivity index (χ0n) is 74.2. The van der Waals surface area contributed by atoms with Gasteiger partial charge in [-0.3, -0.25) is 0 Å². The monoisotopic (exact) mass is 1740 g/mol. The van der Waals surface area contributed by atoms with Crippen LogP contribution in [-0.2, 0) is 27.1 Å². The van der Waals surface area contributed by atoms with Gasteiger partial charge in [0.25, 0.3) is 0 Å². The van der Waals surface area contributed by atoms with E-state index in [9.17, 15) is 10.5 Å². The van der Waals surface area contributed by atoms with Gasteiger partial charge in [0.05, 0.1) is 28.7 Å². The van der Waals surface area contributed by atoms with Crippen LogP contribution in [0.15, 0.2) is 388 Å². The molecule has 29 rings (SSSR count). The quantitative estimate of drug-likeness (QED) is 0.105. The summed E-state index contributed by atoms with van der Waals surface area (Å²) >= 11 is 1.84. The molecule has 10 aliphatic rings. The van der Waals surface area contributed by atoms with Crippen LogP contribution in [0, 0.1) is 46.3 Å². The molecule has 16 aromatic carbocycles. The molecule has 8 fully saturated rings. The molecule has 9 heteroatoms. The Morgan fingerprint density at radius 1 is 0.224 bits per heavy atom. The highest BCUT2D eigenvalue weighted by Gasteiger charge is 2.61. The molecule has 0 radical (unpaired) electrons. The molecule has 0 saturated heterocycles. The molecule has 134 heavy (non-hydrogen) atoms. The number of hydrogen-bond donors (Lipinski definition) is 0. The third-order valence-electron chi connectivity index (χ3n) is 32.0. The van der Waals surface area contributed by atoms with Gasteiger partial charge >= 0.3 is 0 Å². The molecule has 8 nitrogen and oxygen atoms in total. The van der Waals surface area contributed by atoms with E-state index >= 15 is 0 Å². The number of thiophene rings is 1. The number of hydrogen-bond acceptors (Lipinski definition) is 9. The summed E-state index contributed by atoms with van der Waals surface area (Å²) in [5.74, 6) is 7.08. The highest BCUT2D eigenvalue weighted by Crippen LogP contribution is 2.69. The van der Waals surface area contributed by atoms with E-state index in [4.69, 9.17) is 29.9 Å². The fourth-order valence-corrected chi connectivity index (χ4v) is 28.0. The summed E-state index contributed by atoms with van der Waals surface area (Å²) in [4.78, 5) is 30.3. The van der Waals surface area contributed by atoms with Crippen molar-refractivity contribution in [2.24, 2.45) is 23.7 Å². The molecule has 3 heterocycles. The maximum absolute atomic E-state index is 9.34. The van der Waals surface area contributed by atoms with Gasteiger partial charge < -0.3 is 0 Å². The number of rotatable bonds is 14. The van der Waals surface area contributed by atoms with E-state index in [0.29, 0.717) is 46.1 Å². The molecule has 0 aliphatic heterocycles. The van der Waals surface area contributed by atoms with Gasteiger partial charge in [-0.25, -0.2) is 29.9 Å². The molecule has 4 atom stereocenters. The molecule has 8 bridgehead atoms. The number of benzene rings is 16. The van der Waals surface area contributed by atoms with Gasteiger partial charge in [-0.1, -0.05) is 340 Å². The minimum Gasteiger partial charge on any atom is -0.208 e. The van der Waals surface area contributed by atoms with E-state index in [1.54, 1.807) is 0 Å². The molecule has 19 aromatic rings. The summed E-state index contributed by atoms with van der Waals surface area (Å²) in [6.45, 7) is 0. The van der Waals surface area contributed by atoms with Gasteiger partial charge in [0.15, 0.2) is 34.9 Å². The van der Waals surface area contributed by atoms with Gasteiger partial charge in [-0.15, -0.1) is 11.3 Å². The van der Waals surface area contributed by atoms with Crippen molar-refractivity contribution in [3.8, 4) is 147 Å². The topological polar surface area (TPSA) is 125 Å². The SMILES string of the molecule is N#Cc1ccc(-c2ccc(C34CC5CC(C3)CC(c3ccc(-c6ccc7c(c6)C6(c8ccccc8-c8ccccc86)c6cc(-c8nc(-c9ccccc9)nc(-c9ccccc9)n8)ccc6-7)cc3)(C5)C4)cc2)cc1.N#Cc1ccc(-c2ccc(C34CC5CC(C3)CC(c3ccc(-c6ccc7c(c6)sc6cc(-c8nc(-c9ccccc9)nc(-c9ccccc9)n8)ccc67)cc3)(C5)C4)cc2)cc1. The van der Waals surface area contributed by atoms with Crippen LogP contribution in [0.2, 0.25) is 0 Å². The maximum atomic E-state index is 9.34. The Kier molecular flexibility index (Phi) is 18.7. The Labute approximate surface area is 785 Å². The lowest BCUT2D eigenvalue weighted by molar-refractivity contribution is -0.0282. The Morgan fingerprint density at radius 2 is 0.470 bits per heavy atom. The lowest BCUT2D eigenvalue weighted by atomic mass is 9.41. The van der Waals surface area contributed by atoms with Crippen LogP contribution in [0.5, 0.6) is 0 Å². The van der Waals surface area contributed by atoms with Gasteiger partial charge in [-0.2, -0.15) is 10.5 Å². The average molecular weight is 1740 g/mol. The second kappa shape index (κ2) is 31.5. The summed E-state index contributed by atoms with van der Waals surface area (Å²) in [5, 5.41) is 21.1. The van der Waals surface area contributed by atoms with Crippen LogP contribution < -0.4 is 0 Å². The van der Waals surface area contributed by atoms with Crippen molar-refractivity contribution < 1.29 is 0 Å². The molecular formula is C125H92N8S. The highest BCUT2D eigenvalue weighted by atomic mass is 32.1. The molecule has 638 valence electrons. The van der Waals surface area contributed by atoms with E-state index in [2.05, 4.69) is 303 Å². The van der Waals surface area contributed by atoms with E-state index < -0.39 is 5.41 Å². The third-order valence-corrected chi connectivity index (χ3v) is 33.1. The normalized spacial score (nSPS) is 21.2. The zero-order chi connectivity index (χ0) is 88.9. The third kappa shape index (κ3) is 13.3. The second-order valence-electron chi connectivity index (χ2n) is 39.7. The standard InChI is InChI=1S/C69H50N4.C56H42N4S/c70-42-44-19-21-47(22-20-44)48-23-29-54(30-24-48)67-38-45-35-46(39-67)41-68(40-45,43-67)55-31-25-49(26-32-55)52-27-33-58-59-34-28-53(66-72-64(50-11-3-1-4-12-50)71-65(73-66)51-13-5-2-6-14-51)37-63(59)69(62(58)36-52)60-17-9-7-15-56(60)57-16-8-10-18-61(57)69;57-34-36-11-13-39(14-12-36)40-15-21-46(22-16-40)55-30-37-27-38(31-55)33-56(32-37,35-55)47-23-17-41(18-24-47)44-19-25-48-49-26-20-45(29-51(49)61-50(48)28-44)54-59-52(42-7-3-1-4-8-42)58-53(60-54)43-9-5-2-6-10-43/h1-34,36-37,45-46H,35,38-41,43H2;1-26,28-29,37-38H,27,30-33,35H2. The van der Waals surface area contributed by atoms with Crippen LogP contribution in [0.1, 0.15) is 133 Å². The van der Waals surface area contributed by atoms with Crippen LogP contribution >= 0.6 is 11.3 Å². The van der Waals surface area contributed by atoms with Crippen LogP contribution in [0.25, 0.3) is 155 Å². The van der Waals surface area contributed by atoms with E-state index in [-0.39, 0.29) is 21.7 Å². The molecule has 8 saturated carbocycles.